The summed E-state index contributed by atoms with van der Waals surface area (Å²) in [4.78, 5) is 22.0. The Morgan fingerprint density at radius 1 is 0.895 bits per heavy atom. The van der Waals surface area contributed by atoms with Gasteiger partial charge in [0.05, 0.1) is 20.6 Å². The maximum atomic E-state index is 11.1. The molecule has 19 heavy (non-hydrogen) atoms. The average Bonchev–Trinajstić information content (AvgIpc) is 2.44. The number of methoxy groups -OCH3 is 2. The van der Waals surface area contributed by atoms with Crippen molar-refractivity contribution in [2.75, 3.05) is 14.2 Å². The molecule has 4 heteroatoms. The second kappa shape index (κ2) is 8.29. The molecule has 0 aliphatic rings. The van der Waals surface area contributed by atoms with Crippen LogP contribution >= 0.6 is 0 Å². The smallest absolute Gasteiger partial charge is 0.309 e. The van der Waals surface area contributed by atoms with E-state index in [1.54, 1.807) is 0 Å². The lowest BCUT2D eigenvalue weighted by atomic mass is 10.0. The van der Waals surface area contributed by atoms with E-state index in [1.165, 1.54) is 19.8 Å². The third-order valence-electron chi connectivity index (χ3n) is 2.92. The zero-order valence-electron chi connectivity index (χ0n) is 11.5. The summed E-state index contributed by atoms with van der Waals surface area (Å²) in [7, 11) is 2.79. The maximum absolute atomic E-state index is 11.1. The lowest BCUT2D eigenvalue weighted by molar-refractivity contribution is -0.141. The SMILES string of the molecule is COC(=O)CCCCc1ccc(CC(=O)OC)cc1. The van der Waals surface area contributed by atoms with Gasteiger partial charge in [-0.25, -0.2) is 0 Å². The molecule has 0 amide bonds. The summed E-state index contributed by atoms with van der Waals surface area (Å²) in [6.07, 6.45) is 3.48. The second-order valence-electron chi connectivity index (χ2n) is 4.35. The molecule has 0 atom stereocenters. The molecule has 4 nitrogen and oxygen atoms in total. The summed E-state index contributed by atoms with van der Waals surface area (Å²) in [5.74, 6) is -0.390. The number of aryl methyl sites for hydroxylation is 1. The summed E-state index contributed by atoms with van der Waals surface area (Å²) in [5.41, 5.74) is 2.16. The first kappa shape index (κ1) is 15.2. The molecular weight excluding hydrogens is 244 g/mol. The molecule has 0 saturated heterocycles. The fourth-order valence-corrected chi connectivity index (χ4v) is 1.76. The van der Waals surface area contributed by atoms with Crippen LogP contribution < -0.4 is 0 Å². The Bertz CT molecular complexity index is 409. The van der Waals surface area contributed by atoms with Crippen LogP contribution in [0.4, 0.5) is 0 Å². The van der Waals surface area contributed by atoms with Crippen LogP contribution in [0, 0.1) is 0 Å². The van der Waals surface area contributed by atoms with Crippen molar-refractivity contribution in [1.29, 1.82) is 0 Å². The average molecular weight is 264 g/mol. The number of rotatable bonds is 7. The van der Waals surface area contributed by atoms with Crippen molar-refractivity contribution in [2.24, 2.45) is 0 Å². The summed E-state index contributed by atoms with van der Waals surface area (Å²) >= 11 is 0. The van der Waals surface area contributed by atoms with Gasteiger partial charge in [0.1, 0.15) is 0 Å². The summed E-state index contributed by atoms with van der Waals surface area (Å²) in [6, 6.07) is 7.89. The lowest BCUT2D eigenvalue weighted by Crippen LogP contribution is -2.04. The van der Waals surface area contributed by atoms with Crippen LogP contribution in [0.25, 0.3) is 0 Å². The van der Waals surface area contributed by atoms with Crippen molar-refractivity contribution in [3.63, 3.8) is 0 Å². The van der Waals surface area contributed by atoms with Crippen LogP contribution in [0.15, 0.2) is 24.3 Å². The quantitative estimate of drug-likeness (QED) is 0.560. The molecule has 0 radical (unpaired) electrons. The third-order valence-corrected chi connectivity index (χ3v) is 2.92. The van der Waals surface area contributed by atoms with E-state index in [0.29, 0.717) is 12.8 Å². The molecule has 0 aromatic heterocycles. The second-order valence-corrected chi connectivity index (χ2v) is 4.35. The first-order valence-corrected chi connectivity index (χ1v) is 6.37. The molecule has 0 unspecified atom stereocenters. The zero-order chi connectivity index (χ0) is 14.1. The molecule has 0 aliphatic heterocycles. The molecule has 0 N–H and O–H groups in total. The number of benzene rings is 1. The number of carbonyl (C=O) groups excluding carboxylic acids is 2. The van der Waals surface area contributed by atoms with Crippen LogP contribution in [-0.2, 0) is 31.9 Å². The topological polar surface area (TPSA) is 52.6 Å². The molecule has 0 spiro atoms. The number of esters is 2. The van der Waals surface area contributed by atoms with E-state index >= 15 is 0 Å². The Labute approximate surface area is 113 Å². The standard InChI is InChI=1S/C15H20O4/c1-18-14(16)6-4-3-5-12-7-9-13(10-8-12)11-15(17)19-2/h7-10H,3-6,11H2,1-2H3. The highest BCUT2D eigenvalue weighted by Gasteiger charge is 2.03. The highest BCUT2D eigenvalue weighted by molar-refractivity contribution is 5.72. The van der Waals surface area contributed by atoms with Crippen LogP contribution in [0.5, 0.6) is 0 Å². The fraction of sp³-hybridized carbons (Fsp3) is 0.467. The van der Waals surface area contributed by atoms with E-state index in [1.807, 2.05) is 24.3 Å². The Morgan fingerprint density at radius 3 is 2.05 bits per heavy atom. The van der Waals surface area contributed by atoms with Gasteiger partial charge in [0.25, 0.3) is 0 Å². The summed E-state index contributed by atoms with van der Waals surface area (Å²) < 4.78 is 9.20. The van der Waals surface area contributed by atoms with Crippen molar-refractivity contribution in [1.82, 2.24) is 0 Å². The van der Waals surface area contributed by atoms with E-state index in [-0.39, 0.29) is 11.9 Å². The number of unbranched alkanes of at least 4 members (excludes halogenated alkanes) is 1. The molecule has 0 heterocycles. The van der Waals surface area contributed by atoms with Gasteiger partial charge >= 0.3 is 11.9 Å². The van der Waals surface area contributed by atoms with Crippen molar-refractivity contribution in [2.45, 2.75) is 32.1 Å². The van der Waals surface area contributed by atoms with Crippen molar-refractivity contribution in [3.05, 3.63) is 35.4 Å². The van der Waals surface area contributed by atoms with Crippen LogP contribution in [0.2, 0.25) is 0 Å². The molecule has 0 fully saturated rings. The van der Waals surface area contributed by atoms with Gasteiger partial charge in [0.15, 0.2) is 0 Å². The summed E-state index contributed by atoms with van der Waals surface area (Å²) in [5, 5.41) is 0. The van der Waals surface area contributed by atoms with Gasteiger partial charge in [-0.3, -0.25) is 9.59 Å². The highest BCUT2D eigenvalue weighted by atomic mass is 16.5. The van der Waals surface area contributed by atoms with Gasteiger partial charge < -0.3 is 9.47 Å². The van der Waals surface area contributed by atoms with Crippen molar-refractivity contribution >= 4 is 11.9 Å². The number of ether oxygens (including phenoxy) is 2. The van der Waals surface area contributed by atoms with Gasteiger partial charge in [-0.1, -0.05) is 24.3 Å². The Balaban J connectivity index is 2.32. The van der Waals surface area contributed by atoms with Crippen molar-refractivity contribution < 1.29 is 19.1 Å². The number of carbonyl (C=O) groups is 2. The van der Waals surface area contributed by atoms with E-state index in [9.17, 15) is 9.59 Å². The van der Waals surface area contributed by atoms with Gasteiger partial charge in [0.2, 0.25) is 0 Å². The first-order chi connectivity index (χ1) is 9.15. The summed E-state index contributed by atoms with van der Waals surface area (Å²) in [6.45, 7) is 0. The third kappa shape index (κ3) is 6.04. The van der Waals surface area contributed by atoms with Crippen molar-refractivity contribution in [3.8, 4) is 0 Å². The number of hydrogen-bond donors (Lipinski definition) is 0. The van der Waals surface area contributed by atoms with Gasteiger partial charge in [-0.15, -0.1) is 0 Å². The zero-order valence-corrected chi connectivity index (χ0v) is 11.5. The lowest BCUT2D eigenvalue weighted by Gasteiger charge is -2.04. The Hall–Kier alpha value is -1.84. The molecule has 0 aliphatic carbocycles. The minimum Gasteiger partial charge on any atom is -0.469 e. The molecule has 0 bridgehead atoms. The molecule has 1 aromatic carbocycles. The normalized spacial score (nSPS) is 10.0. The molecular formula is C15H20O4. The Kier molecular flexibility index (Phi) is 6.64. The maximum Gasteiger partial charge on any atom is 0.309 e. The minimum atomic E-state index is -0.231. The van der Waals surface area contributed by atoms with Crippen LogP contribution in [-0.4, -0.2) is 26.2 Å². The molecule has 0 saturated carbocycles. The van der Waals surface area contributed by atoms with Gasteiger partial charge in [-0.2, -0.15) is 0 Å². The van der Waals surface area contributed by atoms with Crippen LogP contribution in [0.3, 0.4) is 0 Å². The molecule has 1 aromatic rings. The predicted molar refractivity (Wildman–Crippen MR) is 71.7 cm³/mol. The monoisotopic (exact) mass is 264 g/mol. The highest BCUT2D eigenvalue weighted by Crippen LogP contribution is 2.10. The number of hydrogen-bond acceptors (Lipinski definition) is 4. The van der Waals surface area contributed by atoms with E-state index in [0.717, 1.165) is 24.8 Å². The van der Waals surface area contributed by atoms with E-state index in [4.69, 9.17) is 0 Å². The van der Waals surface area contributed by atoms with Gasteiger partial charge in [-0.05, 0) is 30.4 Å². The fourth-order valence-electron chi connectivity index (χ4n) is 1.76. The van der Waals surface area contributed by atoms with E-state index in [2.05, 4.69) is 9.47 Å². The molecule has 104 valence electrons. The largest absolute Gasteiger partial charge is 0.469 e. The van der Waals surface area contributed by atoms with Crippen LogP contribution in [0.1, 0.15) is 30.4 Å². The van der Waals surface area contributed by atoms with Gasteiger partial charge in [0, 0.05) is 6.42 Å². The first-order valence-electron chi connectivity index (χ1n) is 6.37. The Morgan fingerprint density at radius 2 is 1.47 bits per heavy atom. The van der Waals surface area contributed by atoms with E-state index < -0.39 is 0 Å². The minimum absolute atomic E-state index is 0.159. The molecule has 1 rings (SSSR count). The predicted octanol–water partition coefficient (Wildman–Crippen LogP) is 2.29.